The number of carbonyl (C=O) groups is 2. The Morgan fingerprint density at radius 3 is 2.96 bits per heavy atom. The van der Waals surface area contributed by atoms with Gasteiger partial charge >= 0.3 is 6.03 Å². The van der Waals surface area contributed by atoms with Crippen LogP contribution in [0.4, 0.5) is 10.5 Å². The van der Waals surface area contributed by atoms with Crippen molar-refractivity contribution in [1.29, 1.82) is 0 Å². The van der Waals surface area contributed by atoms with Crippen molar-refractivity contribution in [3.63, 3.8) is 0 Å². The lowest BCUT2D eigenvalue weighted by molar-refractivity contribution is -0.117. The zero-order chi connectivity index (χ0) is 16.8. The number of nitrogens with one attached hydrogen (secondary N) is 1. The Morgan fingerprint density at radius 1 is 1.48 bits per heavy atom. The second kappa shape index (κ2) is 7.85. The summed E-state index contributed by atoms with van der Waals surface area (Å²) < 4.78 is 5.20. The fourth-order valence-corrected chi connectivity index (χ4v) is 2.61. The van der Waals surface area contributed by atoms with Crippen molar-refractivity contribution in [2.75, 3.05) is 32.1 Å². The molecule has 1 saturated heterocycles. The van der Waals surface area contributed by atoms with E-state index in [4.69, 9.17) is 4.74 Å². The second-order valence-electron chi connectivity index (χ2n) is 5.83. The fraction of sp³-hybridized carbons (Fsp3) is 0.529. The van der Waals surface area contributed by atoms with Crippen LogP contribution in [0.2, 0.25) is 0 Å². The summed E-state index contributed by atoms with van der Waals surface area (Å²) in [7, 11) is 3.38. The number of nitrogens with zero attached hydrogens (tertiary/aromatic N) is 2. The Hall–Kier alpha value is -2.24. The Bertz CT molecular complexity index is 562. The molecule has 23 heavy (non-hydrogen) atoms. The Kier molecular flexibility index (Phi) is 5.84. The molecule has 6 nitrogen and oxygen atoms in total. The summed E-state index contributed by atoms with van der Waals surface area (Å²) in [6, 6.07) is 7.11. The molecule has 0 saturated carbocycles. The summed E-state index contributed by atoms with van der Waals surface area (Å²) in [5.41, 5.74) is 0.797. The first-order valence-corrected chi connectivity index (χ1v) is 8.01. The lowest BCUT2D eigenvalue weighted by Crippen LogP contribution is -2.44. The molecule has 2 rings (SSSR count). The number of ether oxygens (including phenoxy) is 1. The van der Waals surface area contributed by atoms with E-state index in [0.29, 0.717) is 18.7 Å². The number of hydrogen-bond acceptors (Lipinski definition) is 3. The van der Waals surface area contributed by atoms with Gasteiger partial charge in [-0.3, -0.25) is 4.79 Å². The molecule has 0 unspecified atom stereocenters. The molecule has 126 valence electrons. The molecule has 0 spiro atoms. The predicted molar refractivity (Wildman–Crippen MR) is 89.8 cm³/mol. The summed E-state index contributed by atoms with van der Waals surface area (Å²) in [6.45, 7) is 3.30. The van der Waals surface area contributed by atoms with E-state index in [1.54, 1.807) is 24.0 Å². The summed E-state index contributed by atoms with van der Waals surface area (Å²) in [6.07, 6.45) is 2.34. The summed E-state index contributed by atoms with van der Waals surface area (Å²) in [4.78, 5) is 27.7. The zero-order valence-corrected chi connectivity index (χ0v) is 14.0. The van der Waals surface area contributed by atoms with E-state index in [9.17, 15) is 9.59 Å². The van der Waals surface area contributed by atoms with Gasteiger partial charge in [-0.05, 0) is 18.6 Å². The minimum absolute atomic E-state index is 0.0137. The van der Waals surface area contributed by atoms with Crippen LogP contribution in [0.3, 0.4) is 0 Å². The number of methoxy groups -OCH3 is 1. The van der Waals surface area contributed by atoms with E-state index in [1.165, 1.54) is 0 Å². The van der Waals surface area contributed by atoms with Gasteiger partial charge in [0.05, 0.1) is 13.2 Å². The first-order chi connectivity index (χ1) is 11.0. The van der Waals surface area contributed by atoms with Crippen LogP contribution in [-0.4, -0.2) is 50.1 Å². The third-order valence-electron chi connectivity index (χ3n) is 4.01. The first kappa shape index (κ1) is 17.1. The summed E-state index contributed by atoms with van der Waals surface area (Å²) in [5, 5.41) is 2.94. The number of amides is 3. The highest BCUT2D eigenvalue weighted by atomic mass is 16.5. The van der Waals surface area contributed by atoms with E-state index >= 15 is 0 Å². The van der Waals surface area contributed by atoms with Crippen molar-refractivity contribution < 1.29 is 14.3 Å². The average molecular weight is 319 g/mol. The van der Waals surface area contributed by atoms with E-state index in [1.807, 2.05) is 24.3 Å². The second-order valence-corrected chi connectivity index (χ2v) is 5.83. The number of hydrogen-bond donors (Lipinski definition) is 1. The van der Waals surface area contributed by atoms with Crippen molar-refractivity contribution in [2.24, 2.45) is 0 Å². The van der Waals surface area contributed by atoms with Gasteiger partial charge in [0.15, 0.2) is 0 Å². The van der Waals surface area contributed by atoms with Crippen molar-refractivity contribution in [3.8, 4) is 5.75 Å². The quantitative estimate of drug-likeness (QED) is 0.875. The van der Waals surface area contributed by atoms with Gasteiger partial charge in [-0.2, -0.15) is 0 Å². The molecule has 1 aliphatic rings. The van der Waals surface area contributed by atoms with Gasteiger partial charge in [0.25, 0.3) is 0 Å². The standard InChI is InChI=1S/C17H25N3O3/c1-4-5-9-19(2)17(22)18-13-10-16(21)20(12-13)14-7-6-8-15(11-14)23-3/h6-8,11,13H,4-5,9-10,12H2,1-3H3,(H,18,22)/t13-/m0/s1. The molecule has 6 heteroatoms. The lowest BCUT2D eigenvalue weighted by Gasteiger charge is -2.21. The van der Waals surface area contributed by atoms with Crippen molar-refractivity contribution in [1.82, 2.24) is 10.2 Å². The molecule has 1 aliphatic heterocycles. The van der Waals surface area contributed by atoms with Crippen molar-refractivity contribution in [3.05, 3.63) is 24.3 Å². The maximum Gasteiger partial charge on any atom is 0.317 e. The SMILES string of the molecule is CCCCN(C)C(=O)N[C@H]1CC(=O)N(c2cccc(OC)c2)C1. The zero-order valence-electron chi connectivity index (χ0n) is 14.0. The molecule has 0 aromatic heterocycles. The molecule has 1 fully saturated rings. The molecule has 3 amide bonds. The smallest absolute Gasteiger partial charge is 0.317 e. The number of urea groups is 1. The minimum Gasteiger partial charge on any atom is -0.497 e. The monoisotopic (exact) mass is 319 g/mol. The Morgan fingerprint density at radius 2 is 2.26 bits per heavy atom. The molecule has 0 aliphatic carbocycles. The molecule has 1 aromatic rings. The first-order valence-electron chi connectivity index (χ1n) is 8.01. The number of rotatable bonds is 6. The van der Waals surface area contributed by atoms with Gasteiger partial charge < -0.3 is 19.9 Å². The molecular weight excluding hydrogens is 294 g/mol. The van der Waals surface area contributed by atoms with Gasteiger partial charge in [0, 0.05) is 38.3 Å². The average Bonchev–Trinajstić information content (AvgIpc) is 2.92. The lowest BCUT2D eigenvalue weighted by atomic mass is 10.2. The van der Waals surface area contributed by atoms with Crippen LogP contribution in [0.15, 0.2) is 24.3 Å². The largest absolute Gasteiger partial charge is 0.497 e. The van der Waals surface area contributed by atoms with Gasteiger partial charge in [-0.25, -0.2) is 4.79 Å². The van der Waals surface area contributed by atoms with Crippen molar-refractivity contribution >= 4 is 17.6 Å². The molecule has 0 radical (unpaired) electrons. The maximum atomic E-state index is 12.2. The van der Waals surface area contributed by atoms with Crippen LogP contribution >= 0.6 is 0 Å². The van der Waals surface area contributed by atoms with E-state index in [0.717, 1.165) is 25.1 Å². The minimum atomic E-state index is -0.162. The predicted octanol–water partition coefficient (Wildman–Crippen LogP) is 2.24. The van der Waals surface area contributed by atoms with Gasteiger partial charge in [0.2, 0.25) is 5.91 Å². The van der Waals surface area contributed by atoms with Crippen LogP contribution in [0.5, 0.6) is 5.75 Å². The van der Waals surface area contributed by atoms with E-state index < -0.39 is 0 Å². The number of unbranched alkanes of at least 4 members (excludes halogenated alkanes) is 1. The molecular formula is C17H25N3O3. The van der Waals surface area contributed by atoms with Crippen LogP contribution < -0.4 is 15.0 Å². The molecule has 1 atom stereocenters. The van der Waals surface area contributed by atoms with E-state index in [-0.39, 0.29) is 18.0 Å². The number of benzene rings is 1. The Labute approximate surface area is 137 Å². The van der Waals surface area contributed by atoms with Gasteiger partial charge in [-0.15, -0.1) is 0 Å². The highest BCUT2D eigenvalue weighted by Gasteiger charge is 2.32. The highest BCUT2D eigenvalue weighted by Crippen LogP contribution is 2.25. The molecule has 1 aromatic carbocycles. The highest BCUT2D eigenvalue weighted by molar-refractivity contribution is 5.97. The third-order valence-corrected chi connectivity index (χ3v) is 4.01. The van der Waals surface area contributed by atoms with E-state index in [2.05, 4.69) is 12.2 Å². The van der Waals surface area contributed by atoms with Crippen LogP contribution in [0.25, 0.3) is 0 Å². The molecule has 1 N–H and O–H groups in total. The van der Waals surface area contributed by atoms with Gasteiger partial charge in [-0.1, -0.05) is 19.4 Å². The van der Waals surface area contributed by atoms with Crippen molar-refractivity contribution in [2.45, 2.75) is 32.2 Å². The fourth-order valence-electron chi connectivity index (χ4n) is 2.61. The molecule has 0 bridgehead atoms. The van der Waals surface area contributed by atoms with Crippen LogP contribution in [0, 0.1) is 0 Å². The van der Waals surface area contributed by atoms with Crippen LogP contribution in [0.1, 0.15) is 26.2 Å². The van der Waals surface area contributed by atoms with Crippen LogP contribution in [-0.2, 0) is 4.79 Å². The molecule has 1 heterocycles. The topological polar surface area (TPSA) is 61.9 Å². The number of anilines is 1. The number of carbonyl (C=O) groups excluding carboxylic acids is 2. The van der Waals surface area contributed by atoms with Gasteiger partial charge in [0.1, 0.15) is 5.75 Å². The summed E-state index contributed by atoms with van der Waals surface area (Å²) in [5.74, 6) is 0.724. The summed E-state index contributed by atoms with van der Waals surface area (Å²) >= 11 is 0. The Balaban J connectivity index is 1.95. The maximum absolute atomic E-state index is 12.2. The normalized spacial score (nSPS) is 17.3. The third kappa shape index (κ3) is 4.37.